The molecule has 22 heavy (non-hydrogen) atoms. The quantitative estimate of drug-likeness (QED) is 0.594. The molecule has 1 atom stereocenters. The summed E-state index contributed by atoms with van der Waals surface area (Å²) in [5.41, 5.74) is -0.823. The molecule has 0 aliphatic heterocycles. The van der Waals surface area contributed by atoms with Crippen molar-refractivity contribution in [3.8, 4) is 11.5 Å². The summed E-state index contributed by atoms with van der Waals surface area (Å²) in [4.78, 5) is 24.3. The Bertz CT molecular complexity index is 686. The molecule has 1 aliphatic rings. The van der Waals surface area contributed by atoms with E-state index in [-0.39, 0.29) is 34.4 Å². The largest absolute Gasteiger partial charge is 0.507 e. The lowest BCUT2D eigenvalue weighted by molar-refractivity contribution is 0.0911. The van der Waals surface area contributed by atoms with Crippen LogP contribution in [0.3, 0.4) is 0 Å². The van der Waals surface area contributed by atoms with E-state index in [9.17, 15) is 30.0 Å². The van der Waals surface area contributed by atoms with E-state index >= 15 is 0 Å². The Kier molecular flexibility index (Phi) is 4.20. The van der Waals surface area contributed by atoms with Crippen molar-refractivity contribution in [1.29, 1.82) is 0 Å². The van der Waals surface area contributed by atoms with Gasteiger partial charge in [0, 0.05) is 23.6 Å². The Hall–Kier alpha value is -2.38. The van der Waals surface area contributed by atoms with Crippen molar-refractivity contribution in [2.45, 2.75) is 26.1 Å². The monoisotopic (exact) mass is 308 g/mol. The van der Waals surface area contributed by atoms with Gasteiger partial charge < -0.3 is 25.2 Å². The number of carbonyl (C=O) groups excluding carboxylic acids is 2. The molecule has 0 heterocycles. The van der Waals surface area contributed by atoms with Gasteiger partial charge in [0.1, 0.15) is 11.5 Å². The van der Waals surface area contributed by atoms with Gasteiger partial charge in [-0.2, -0.15) is 0 Å². The van der Waals surface area contributed by atoms with Crippen molar-refractivity contribution in [3.63, 3.8) is 0 Å². The second kappa shape index (κ2) is 5.78. The second-order valence-electron chi connectivity index (χ2n) is 5.02. The van der Waals surface area contributed by atoms with Crippen molar-refractivity contribution in [2.75, 3.05) is 7.11 Å². The molecule has 0 saturated heterocycles. The maximum Gasteiger partial charge on any atom is 0.232 e. The van der Waals surface area contributed by atoms with E-state index in [0.29, 0.717) is 0 Å². The minimum atomic E-state index is -0.888. The van der Waals surface area contributed by atoms with Gasteiger partial charge in [0.2, 0.25) is 5.78 Å². The number of aromatic hydroxyl groups is 2. The van der Waals surface area contributed by atoms with Crippen LogP contribution < -0.4 is 0 Å². The van der Waals surface area contributed by atoms with Gasteiger partial charge in [-0.15, -0.1) is 0 Å². The maximum absolute atomic E-state index is 12.3. The number of ether oxygens (including phenoxy) is 1. The summed E-state index contributed by atoms with van der Waals surface area (Å²) in [5.74, 6) is -2.83. The number of rotatable bonds is 4. The van der Waals surface area contributed by atoms with Gasteiger partial charge in [0.05, 0.1) is 30.9 Å². The average molecular weight is 308 g/mol. The van der Waals surface area contributed by atoms with Crippen molar-refractivity contribution in [3.05, 3.63) is 34.1 Å². The van der Waals surface area contributed by atoms with Crippen molar-refractivity contribution >= 4 is 11.6 Å². The molecule has 0 unspecified atom stereocenters. The molecule has 0 saturated carbocycles. The topological polar surface area (TPSA) is 124 Å². The van der Waals surface area contributed by atoms with Gasteiger partial charge in [0.15, 0.2) is 11.5 Å². The number of Topliss-reactive ketones (excluding diaryl/α,β-unsaturated/α-hetero) is 1. The second-order valence-corrected chi connectivity index (χ2v) is 5.02. The van der Waals surface area contributed by atoms with Gasteiger partial charge in [0.25, 0.3) is 0 Å². The third-order valence-electron chi connectivity index (χ3n) is 3.50. The van der Waals surface area contributed by atoms with Crippen molar-refractivity contribution in [2.24, 2.45) is 0 Å². The minimum absolute atomic E-state index is 0.0206. The number of phenols is 2. The summed E-state index contributed by atoms with van der Waals surface area (Å²) in [7, 11) is 1.21. The summed E-state index contributed by atoms with van der Waals surface area (Å²) in [6.45, 7) is 0.793. The molecule has 7 nitrogen and oxygen atoms in total. The maximum atomic E-state index is 12.3. The third kappa shape index (κ3) is 2.34. The number of carbonyl (C=O) groups is 2. The zero-order valence-corrected chi connectivity index (χ0v) is 12.1. The predicted octanol–water partition coefficient (Wildman–Crippen LogP) is 0.423. The molecule has 1 aromatic rings. The van der Waals surface area contributed by atoms with Crippen LogP contribution in [0.15, 0.2) is 11.8 Å². The molecule has 0 spiro atoms. The molecule has 0 amide bonds. The van der Waals surface area contributed by atoms with Gasteiger partial charge in [-0.05, 0) is 6.92 Å². The molecule has 118 valence electrons. The highest BCUT2D eigenvalue weighted by molar-refractivity contribution is 6.26. The van der Waals surface area contributed by atoms with Crippen LogP contribution in [0.2, 0.25) is 0 Å². The number of phenolic OH excluding ortho intramolecular Hbond substituents is 1. The van der Waals surface area contributed by atoms with E-state index < -0.39 is 35.8 Å². The minimum Gasteiger partial charge on any atom is -0.507 e. The number of benzene rings is 1. The van der Waals surface area contributed by atoms with E-state index in [1.165, 1.54) is 14.0 Å². The smallest absolute Gasteiger partial charge is 0.232 e. The number of allylic oxidation sites excluding steroid dienone is 2. The molecular weight excluding hydrogens is 292 g/mol. The van der Waals surface area contributed by atoms with Crippen LogP contribution in [0.25, 0.3) is 0 Å². The molecule has 1 aromatic carbocycles. The van der Waals surface area contributed by atoms with Crippen LogP contribution in [0.1, 0.15) is 38.8 Å². The fourth-order valence-corrected chi connectivity index (χ4v) is 2.50. The Labute approximate surface area is 126 Å². The third-order valence-corrected chi connectivity index (χ3v) is 3.50. The lowest BCUT2D eigenvalue weighted by atomic mass is 9.85. The molecule has 1 aliphatic carbocycles. The molecular formula is C15H16O7. The zero-order valence-electron chi connectivity index (χ0n) is 12.1. The van der Waals surface area contributed by atoms with E-state index in [2.05, 4.69) is 0 Å². The highest BCUT2D eigenvalue weighted by Crippen LogP contribution is 2.41. The van der Waals surface area contributed by atoms with E-state index in [1.807, 2.05) is 0 Å². The van der Waals surface area contributed by atoms with Crippen LogP contribution in [0.5, 0.6) is 11.5 Å². The molecule has 4 N–H and O–H groups in total. The number of hydrogen-bond donors (Lipinski definition) is 4. The Balaban J connectivity index is 2.81. The van der Waals surface area contributed by atoms with Crippen LogP contribution in [-0.4, -0.2) is 45.2 Å². The summed E-state index contributed by atoms with van der Waals surface area (Å²) >= 11 is 0. The molecule has 0 aromatic heterocycles. The summed E-state index contributed by atoms with van der Waals surface area (Å²) in [6, 6.07) is 0. The number of fused-ring (bicyclic) bond motifs is 1. The van der Waals surface area contributed by atoms with Crippen LogP contribution in [0, 0.1) is 0 Å². The standard InChI is InChI=1S/C15H16O7/c1-6(17)3-7-8(5-16)14(20)11-9(18)4-10(22-2)15(21)12(11)13(7)19/h4,6,16-17,19-20H,3,5H2,1-2H3/t6-/m1/s1. The number of ketones is 2. The van der Waals surface area contributed by atoms with Crippen molar-refractivity contribution < 1.29 is 34.8 Å². The Morgan fingerprint density at radius 2 is 1.73 bits per heavy atom. The number of hydrogen-bond acceptors (Lipinski definition) is 7. The van der Waals surface area contributed by atoms with Crippen LogP contribution >= 0.6 is 0 Å². The first kappa shape index (κ1) is 16.0. The van der Waals surface area contributed by atoms with E-state index in [0.717, 1.165) is 6.08 Å². The number of aliphatic hydroxyl groups is 2. The average Bonchev–Trinajstić information content (AvgIpc) is 2.46. The Morgan fingerprint density at radius 1 is 1.14 bits per heavy atom. The fraction of sp³-hybridized carbons (Fsp3) is 0.333. The highest BCUT2D eigenvalue weighted by atomic mass is 16.5. The highest BCUT2D eigenvalue weighted by Gasteiger charge is 2.35. The normalized spacial score (nSPS) is 15.4. The molecule has 0 radical (unpaired) electrons. The molecule has 0 fully saturated rings. The first-order valence-electron chi connectivity index (χ1n) is 6.56. The number of aliphatic hydroxyl groups excluding tert-OH is 2. The lowest BCUT2D eigenvalue weighted by Crippen LogP contribution is -2.21. The molecule has 7 heteroatoms. The number of methoxy groups -OCH3 is 1. The van der Waals surface area contributed by atoms with Gasteiger partial charge >= 0.3 is 0 Å². The van der Waals surface area contributed by atoms with E-state index in [1.54, 1.807) is 0 Å². The first-order chi connectivity index (χ1) is 10.3. The van der Waals surface area contributed by atoms with Gasteiger partial charge in [-0.25, -0.2) is 0 Å². The SMILES string of the molecule is COC1=CC(=O)c2c(O)c(CO)c(C[C@@H](C)O)c(O)c2C1=O. The zero-order chi connectivity index (χ0) is 16.6. The van der Waals surface area contributed by atoms with Gasteiger partial charge in [-0.3, -0.25) is 9.59 Å². The first-order valence-corrected chi connectivity index (χ1v) is 6.56. The van der Waals surface area contributed by atoms with Crippen LogP contribution in [-0.2, 0) is 17.8 Å². The van der Waals surface area contributed by atoms with Gasteiger partial charge in [-0.1, -0.05) is 0 Å². The van der Waals surface area contributed by atoms with Crippen LogP contribution in [0.4, 0.5) is 0 Å². The van der Waals surface area contributed by atoms with E-state index in [4.69, 9.17) is 4.74 Å². The van der Waals surface area contributed by atoms with Crippen molar-refractivity contribution in [1.82, 2.24) is 0 Å². The summed E-state index contributed by atoms with van der Waals surface area (Å²) in [5, 5.41) is 39.4. The summed E-state index contributed by atoms with van der Waals surface area (Å²) < 4.78 is 4.80. The molecule has 0 bridgehead atoms. The Morgan fingerprint density at radius 3 is 2.23 bits per heavy atom. The summed E-state index contributed by atoms with van der Waals surface area (Å²) in [6.07, 6.45) is -0.0736. The fourth-order valence-electron chi connectivity index (χ4n) is 2.50. The predicted molar refractivity (Wildman–Crippen MR) is 74.8 cm³/mol. The lowest BCUT2D eigenvalue weighted by Gasteiger charge is -2.22. The molecule has 2 rings (SSSR count).